The first-order valence-electron chi connectivity index (χ1n) is 10.7. The molecule has 4 rings (SSSR count). The number of carbonyl (C=O) groups is 2. The molecule has 0 aromatic carbocycles. The summed E-state index contributed by atoms with van der Waals surface area (Å²) in [5, 5.41) is 6.10. The van der Waals surface area contributed by atoms with Gasteiger partial charge in [-0.1, -0.05) is 12.8 Å². The number of morpholine rings is 1. The molecule has 0 bridgehead atoms. The molecule has 28 heavy (non-hydrogen) atoms. The van der Waals surface area contributed by atoms with E-state index in [0.29, 0.717) is 18.1 Å². The average molecular weight is 390 g/mol. The minimum absolute atomic E-state index is 0.120. The van der Waals surface area contributed by atoms with Crippen molar-refractivity contribution in [3.63, 3.8) is 0 Å². The van der Waals surface area contributed by atoms with Crippen molar-refractivity contribution in [1.29, 1.82) is 0 Å². The zero-order chi connectivity index (χ0) is 19.3. The van der Waals surface area contributed by atoms with Crippen LogP contribution in [0.2, 0.25) is 0 Å². The predicted molar refractivity (Wildman–Crippen MR) is 104 cm³/mol. The van der Waals surface area contributed by atoms with Crippen molar-refractivity contribution in [2.75, 3.05) is 39.4 Å². The summed E-state index contributed by atoms with van der Waals surface area (Å²) in [6.45, 7) is 5.44. The van der Waals surface area contributed by atoms with Crippen LogP contribution >= 0.6 is 0 Å². The number of fused-ring (bicyclic) bond motifs is 1. The van der Waals surface area contributed by atoms with Crippen molar-refractivity contribution in [2.45, 2.75) is 57.5 Å². The van der Waals surface area contributed by atoms with Crippen LogP contribution in [0.4, 0.5) is 0 Å². The van der Waals surface area contributed by atoms with Crippen LogP contribution in [0, 0.1) is 0 Å². The van der Waals surface area contributed by atoms with E-state index in [1.54, 1.807) is 0 Å². The highest BCUT2D eigenvalue weighted by Crippen LogP contribution is 2.23. The molecule has 8 nitrogen and oxygen atoms in total. The topological polar surface area (TPSA) is 88.5 Å². The Morgan fingerprint density at radius 2 is 1.82 bits per heavy atom. The molecule has 3 aliphatic rings. The first kappa shape index (κ1) is 19.4. The molecule has 0 radical (unpaired) electrons. The Hall–Kier alpha value is -1.93. The summed E-state index contributed by atoms with van der Waals surface area (Å²) in [7, 11) is 0. The summed E-state index contributed by atoms with van der Waals surface area (Å²) in [5.41, 5.74) is 1.37. The van der Waals surface area contributed by atoms with Gasteiger partial charge in [0.05, 0.1) is 18.9 Å². The second kappa shape index (κ2) is 9.05. The molecule has 8 heteroatoms. The lowest BCUT2D eigenvalue weighted by Gasteiger charge is -2.26. The number of imidazole rings is 1. The van der Waals surface area contributed by atoms with Crippen LogP contribution in [-0.4, -0.2) is 71.7 Å². The van der Waals surface area contributed by atoms with Crippen molar-refractivity contribution in [1.82, 2.24) is 25.1 Å². The van der Waals surface area contributed by atoms with Gasteiger partial charge in [0.2, 0.25) is 0 Å². The van der Waals surface area contributed by atoms with Gasteiger partial charge in [-0.2, -0.15) is 0 Å². The number of carbonyl (C=O) groups excluding carboxylic acids is 2. The fourth-order valence-corrected chi connectivity index (χ4v) is 4.45. The fourth-order valence-electron chi connectivity index (χ4n) is 4.45. The van der Waals surface area contributed by atoms with Crippen LogP contribution in [0.15, 0.2) is 0 Å². The van der Waals surface area contributed by atoms with E-state index in [1.165, 1.54) is 12.8 Å². The predicted octanol–water partition coefficient (Wildman–Crippen LogP) is 0.954. The van der Waals surface area contributed by atoms with E-state index in [-0.39, 0.29) is 17.9 Å². The van der Waals surface area contributed by atoms with Gasteiger partial charge in [0.1, 0.15) is 5.69 Å². The lowest BCUT2D eigenvalue weighted by molar-refractivity contribution is 0.0383. The van der Waals surface area contributed by atoms with E-state index >= 15 is 0 Å². The van der Waals surface area contributed by atoms with Gasteiger partial charge in [-0.25, -0.2) is 4.98 Å². The SMILES string of the molecule is O=C(NC1CCCC1)c1nc(C(=O)NCCN2CCOCC2)n2c1CCCC2. The van der Waals surface area contributed by atoms with Gasteiger partial charge in [0.15, 0.2) is 5.82 Å². The number of amides is 2. The van der Waals surface area contributed by atoms with Crippen LogP contribution in [0.1, 0.15) is 65.3 Å². The number of rotatable bonds is 6. The van der Waals surface area contributed by atoms with Gasteiger partial charge in [-0.15, -0.1) is 0 Å². The van der Waals surface area contributed by atoms with Crippen LogP contribution in [0.3, 0.4) is 0 Å². The van der Waals surface area contributed by atoms with E-state index in [0.717, 1.165) is 77.2 Å². The van der Waals surface area contributed by atoms with E-state index in [4.69, 9.17) is 4.74 Å². The van der Waals surface area contributed by atoms with E-state index < -0.39 is 0 Å². The minimum atomic E-state index is -0.184. The van der Waals surface area contributed by atoms with Gasteiger partial charge >= 0.3 is 0 Å². The summed E-state index contributed by atoms with van der Waals surface area (Å²) in [6.07, 6.45) is 7.27. The molecule has 2 amide bonds. The Morgan fingerprint density at radius 3 is 2.61 bits per heavy atom. The summed E-state index contributed by atoms with van der Waals surface area (Å²) < 4.78 is 7.31. The highest BCUT2D eigenvalue weighted by Gasteiger charge is 2.29. The van der Waals surface area contributed by atoms with Crippen molar-refractivity contribution in [3.05, 3.63) is 17.2 Å². The number of nitrogens with one attached hydrogen (secondary N) is 2. The highest BCUT2D eigenvalue weighted by atomic mass is 16.5. The standard InChI is InChI=1S/C20H31N5O3/c26-19(22-15-5-1-2-6-15)17-16-7-3-4-9-25(16)18(23-17)20(27)21-8-10-24-11-13-28-14-12-24/h15H,1-14H2,(H,21,27)(H,22,26). The minimum Gasteiger partial charge on any atom is -0.379 e. The molecule has 0 atom stereocenters. The molecule has 2 N–H and O–H groups in total. The third-order valence-electron chi connectivity index (χ3n) is 6.04. The normalized spacial score (nSPS) is 20.7. The van der Waals surface area contributed by atoms with Crippen LogP contribution in [0.5, 0.6) is 0 Å². The van der Waals surface area contributed by atoms with Gasteiger partial charge in [0.25, 0.3) is 11.8 Å². The summed E-state index contributed by atoms with van der Waals surface area (Å²) in [6, 6.07) is 0.249. The lowest BCUT2D eigenvalue weighted by atomic mass is 10.1. The molecule has 1 saturated carbocycles. The zero-order valence-corrected chi connectivity index (χ0v) is 16.5. The van der Waals surface area contributed by atoms with Crippen molar-refractivity contribution < 1.29 is 14.3 Å². The van der Waals surface area contributed by atoms with Gasteiger partial charge in [-0.05, 0) is 32.1 Å². The Bertz CT molecular complexity index is 705. The number of ether oxygens (including phenoxy) is 1. The summed E-state index contributed by atoms with van der Waals surface area (Å²) in [4.78, 5) is 32.3. The average Bonchev–Trinajstić information content (AvgIpc) is 3.36. The maximum absolute atomic E-state index is 12.8. The molecular weight excluding hydrogens is 358 g/mol. The molecular formula is C20H31N5O3. The third kappa shape index (κ3) is 4.38. The van der Waals surface area contributed by atoms with E-state index in [1.807, 2.05) is 4.57 Å². The monoisotopic (exact) mass is 389 g/mol. The van der Waals surface area contributed by atoms with Crippen molar-refractivity contribution in [3.8, 4) is 0 Å². The van der Waals surface area contributed by atoms with Crippen molar-refractivity contribution in [2.24, 2.45) is 0 Å². The van der Waals surface area contributed by atoms with Gasteiger partial charge in [0, 0.05) is 38.8 Å². The molecule has 1 saturated heterocycles. The molecule has 154 valence electrons. The number of hydrogen-bond donors (Lipinski definition) is 2. The van der Waals surface area contributed by atoms with E-state index in [9.17, 15) is 9.59 Å². The maximum atomic E-state index is 12.8. The van der Waals surface area contributed by atoms with Crippen LogP contribution in [0.25, 0.3) is 0 Å². The molecule has 2 fully saturated rings. The highest BCUT2D eigenvalue weighted by molar-refractivity contribution is 5.97. The zero-order valence-electron chi connectivity index (χ0n) is 16.5. The molecule has 1 aromatic heterocycles. The molecule has 3 heterocycles. The Balaban J connectivity index is 1.41. The summed E-state index contributed by atoms with van der Waals surface area (Å²) in [5.74, 6) is 0.0782. The van der Waals surface area contributed by atoms with Gasteiger partial charge in [-0.3, -0.25) is 14.5 Å². The fraction of sp³-hybridized carbons (Fsp3) is 0.750. The molecule has 1 aliphatic carbocycles. The quantitative estimate of drug-likeness (QED) is 0.756. The number of aromatic nitrogens is 2. The molecule has 2 aliphatic heterocycles. The number of hydrogen-bond acceptors (Lipinski definition) is 5. The first-order valence-corrected chi connectivity index (χ1v) is 10.7. The largest absolute Gasteiger partial charge is 0.379 e. The maximum Gasteiger partial charge on any atom is 0.287 e. The van der Waals surface area contributed by atoms with Crippen molar-refractivity contribution >= 4 is 11.8 Å². The van der Waals surface area contributed by atoms with Crippen LogP contribution < -0.4 is 10.6 Å². The summed E-state index contributed by atoms with van der Waals surface area (Å²) >= 11 is 0. The molecule has 1 aromatic rings. The second-order valence-electron chi connectivity index (χ2n) is 8.00. The van der Waals surface area contributed by atoms with Gasteiger partial charge < -0.3 is 19.9 Å². The first-order chi connectivity index (χ1) is 13.7. The smallest absolute Gasteiger partial charge is 0.287 e. The Labute approximate surface area is 166 Å². The second-order valence-corrected chi connectivity index (χ2v) is 8.00. The lowest BCUT2D eigenvalue weighted by Crippen LogP contribution is -2.41. The van der Waals surface area contributed by atoms with E-state index in [2.05, 4.69) is 20.5 Å². The Morgan fingerprint density at radius 1 is 1.04 bits per heavy atom. The molecule has 0 unspecified atom stereocenters. The van der Waals surface area contributed by atoms with Crippen LogP contribution in [-0.2, 0) is 17.7 Å². The molecule has 0 spiro atoms. The number of nitrogens with zero attached hydrogens (tertiary/aromatic N) is 3. The Kier molecular flexibility index (Phi) is 6.26. The third-order valence-corrected chi connectivity index (χ3v) is 6.04.